The van der Waals surface area contributed by atoms with Crippen LogP contribution in [0, 0.1) is 0 Å². The van der Waals surface area contributed by atoms with Crippen molar-refractivity contribution in [3.8, 4) is 11.4 Å². The fourth-order valence-electron chi connectivity index (χ4n) is 8.38. The molecule has 6 unspecified atom stereocenters. The summed E-state index contributed by atoms with van der Waals surface area (Å²) >= 11 is 0. The van der Waals surface area contributed by atoms with Crippen LogP contribution in [0.2, 0.25) is 0 Å². The molecule has 24 heteroatoms. The van der Waals surface area contributed by atoms with Gasteiger partial charge in [-0.3, -0.25) is 0 Å². The Morgan fingerprint density at radius 2 is 0.608 bits per heavy atom. The highest BCUT2D eigenvalue weighted by Gasteiger charge is 2.33. The Kier molecular flexibility index (Phi) is 13.2. The van der Waals surface area contributed by atoms with Gasteiger partial charge in [-0.1, -0.05) is 78.9 Å². The number of ether oxygens (including phenoxy) is 6. The molecule has 9 heterocycles. The van der Waals surface area contributed by atoms with Gasteiger partial charge in [0.05, 0.1) is 133 Å². The number of hydrogen-bond acceptors (Lipinski definition) is 15. The summed E-state index contributed by atoms with van der Waals surface area (Å²) in [6.45, 7) is 4.11. The monoisotopic (exact) mass is 1020 g/mol. The highest BCUT2D eigenvalue weighted by Crippen LogP contribution is 2.18. The summed E-state index contributed by atoms with van der Waals surface area (Å²) in [6.07, 6.45) is -0.889. The maximum atomic E-state index is 13.0. The van der Waals surface area contributed by atoms with Crippen LogP contribution in [-0.4, -0.2) is 117 Å². The van der Waals surface area contributed by atoms with E-state index < -0.39 is 51.2 Å². The van der Waals surface area contributed by atoms with Gasteiger partial charge in [-0.05, 0) is 40.6 Å². The summed E-state index contributed by atoms with van der Waals surface area (Å²) in [6, 6.07) is 30.8. The van der Waals surface area contributed by atoms with Crippen molar-refractivity contribution in [3.63, 3.8) is 0 Å². The van der Waals surface area contributed by atoms with Crippen molar-refractivity contribution in [2.24, 2.45) is 0 Å². The Labute approximate surface area is 415 Å². The van der Waals surface area contributed by atoms with Crippen LogP contribution in [0.3, 0.4) is 0 Å². The molecule has 13 rings (SSSR count). The molecule has 0 amide bonds. The van der Waals surface area contributed by atoms with E-state index in [2.05, 4.69) is 0 Å². The van der Waals surface area contributed by atoms with E-state index in [1.54, 1.807) is 42.5 Å². The second kappa shape index (κ2) is 20.2. The lowest BCUT2D eigenvalue weighted by Crippen LogP contribution is -2.55. The van der Waals surface area contributed by atoms with Gasteiger partial charge in [0.15, 0.2) is 0 Å². The minimum Gasteiger partial charge on any atom is -0.371 e. The van der Waals surface area contributed by atoms with Gasteiger partial charge in [-0.2, -0.15) is 0 Å². The predicted molar refractivity (Wildman–Crippen MR) is 262 cm³/mol. The van der Waals surface area contributed by atoms with Crippen molar-refractivity contribution < 1.29 is 28.4 Å². The molecule has 6 aliphatic rings. The van der Waals surface area contributed by atoms with E-state index in [0.717, 1.165) is 57.4 Å². The summed E-state index contributed by atoms with van der Waals surface area (Å²) in [7, 11) is 0. The third kappa shape index (κ3) is 10.8. The van der Waals surface area contributed by atoms with Crippen LogP contribution in [0.25, 0.3) is 22.1 Å². The van der Waals surface area contributed by atoms with Crippen molar-refractivity contribution in [1.29, 1.82) is 0 Å². The Morgan fingerprint density at radius 3 is 0.973 bits per heavy atom. The van der Waals surface area contributed by atoms with E-state index in [9.17, 15) is 43.2 Å². The van der Waals surface area contributed by atoms with Gasteiger partial charge < -0.3 is 28.4 Å². The summed E-state index contributed by atoms with van der Waals surface area (Å²) < 4.78 is 40.4. The Bertz CT molecular complexity index is 3670. The highest BCUT2D eigenvalue weighted by atomic mass is 16.6. The van der Waals surface area contributed by atoms with Crippen LogP contribution >= 0.6 is 0 Å². The minimum atomic E-state index is -0.649. The molecule has 74 heavy (non-hydrogen) atoms. The first-order valence-electron chi connectivity index (χ1n) is 24.1. The molecule has 0 aliphatic carbocycles. The lowest BCUT2D eigenvalue weighted by Gasteiger charge is -2.13. The van der Waals surface area contributed by atoms with E-state index in [1.165, 1.54) is 0 Å². The second-order valence-corrected chi connectivity index (χ2v) is 18.5. The standard InChI is InChI=1S/C19H17N3O5.C16H17N3O5.C15H15N3O5/c23-17-20(8-15-10-26-15)18(24)22(19(25)21(17)9-16-11-27-16)14-6-5-12-3-1-2-4-13(12)7-14;20-14-17(6-11-4-2-1-3-5-11)15(21)19(8-13-10-24-13)16(22)18(14)7-12-9-23-12;19-13-16(6-11-8-22-11)14(20)18(10-4-2-1-3-5-10)15(21)17(13)7-12-9-23-12/h1-7,15-16H,8-11H2;1-5,12-13H,6-10H2;1-5,11-12H,6-9H2. The molecule has 0 spiro atoms. The quantitative estimate of drug-likeness (QED) is 0.0956. The lowest BCUT2D eigenvalue weighted by atomic mass is 10.1. The van der Waals surface area contributed by atoms with Crippen LogP contribution in [0.4, 0.5) is 0 Å². The average molecular weight is 1020 g/mol. The molecule has 0 N–H and O–H groups in total. The highest BCUT2D eigenvalue weighted by molar-refractivity contribution is 5.84. The third-order valence-electron chi connectivity index (χ3n) is 12.9. The van der Waals surface area contributed by atoms with Gasteiger partial charge in [0.2, 0.25) is 0 Å². The van der Waals surface area contributed by atoms with Gasteiger partial charge in [-0.15, -0.1) is 0 Å². The molecule has 6 atom stereocenters. The Morgan fingerprint density at radius 1 is 0.311 bits per heavy atom. The first kappa shape index (κ1) is 48.4. The molecule has 0 saturated carbocycles. The Hall–Kier alpha value is -7.87. The normalized spacial score (nSPS) is 21.5. The van der Waals surface area contributed by atoms with Gasteiger partial charge >= 0.3 is 51.2 Å². The summed E-state index contributed by atoms with van der Waals surface area (Å²) in [5, 5.41) is 1.90. The van der Waals surface area contributed by atoms with Crippen molar-refractivity contribution >= 4 is 10.8 Å². The fourth-order valence-corrected chi connectivity index (χ4v) is 8.38. The zero-order chi connectivity index (χ0) is 51.2. The zero-order valence-electron chi connectivity index (χ0n) is 39.6. The summed E-state index contributed by atoms with van der Waals surface area (Å²) in [5.41, 5.74) is -3.94. The molecule has 0 radical (unpaired) electrons. The SMILES string of the molecule is O=c1n(CC2CO2)c(=O)n(-c2ccc3ccccc3c2)c(=O)n1CC1CO1.O=c1n(CC2CO2)c(=O)n(-c2ccccc2)c(=O)n1CC1CO1.O=c1n(Cc2ccccc2)c(=O)n(CC2CO2)c(=O)n1CC1CO1. The van der Waals surface area contributed by atoms with E-state index in [-0.39, 0.29) is 82.4 Å². The first-order valence-corrected chi connectivity index (χ1v) is 24.1. The molecule has 6 aliphatic heterocycles. The van der Waals surface area contributed by atoms with Crippen LogP contribution in [-0.2, 0) is 74.2 Å². The largest absolute Gasteiger partial charge is 0.371 e. The van der Waals surface area contributed by atoms with Crippen molar-refractivity contribution in [2.75, 3.05) is 39.6 Å². The van der Waals surface area contributed by atoms with Crippen molar-refractivity contribution in [3.05, 3.63) is 203 Å². The fraction of sp³-hybridized carbons (Fsp3) is 0.380. The van der Waals surface area contributed by atoms with E-state index in [0.29, 0.717) is 51.0 Å². The molecule has 24 nitrogen and oxygen atoms in total. The van der Waals surface area contributed by atoms with Crippen molar-refractivity contribution in [1.82, 2.24) is 41.1 Å². The lowest BCUT2D eigenvalue weighted by molar-refractivity contribution is 0.342. The third-order valence-corrected chi connectivity index (χ3v) is 12.9. The van der Waals surface area contributed by atoms with Gasteiger partial charge in [-0.25, -0.2) is 84.3 Å². The maximum absolute atomic E-state index is 13.0. The van der Waals surface area contributed by atoms with Crippen LogP contribution < -0.4 is 51.2 Å². The molecule has 7 aromatic rings. The van der Waals surface area contributed by atoms with Crippen LogP contribution in [0.1, 0.15) is 5.56 Å². The van der Waals surface area contributed by atoms with E-state index in [4.69, 9.17) is 28.4 Å². The van der Waals surface area contributed by atoms with Gasteiger partial charge in [0, 0.05) is 0 Å². The predicted octanol–water partition coefficient (Wildman–Crippen LogP) is -1.91. The number of hydrogen-bond donors (Lipinski definition) is 0. The average Bonchev–Trinajstić information content (AvgIpc) is 4.19. The summed E-state index contributed by atoms with van der Waals surface area (Å²) in [4.78, 5) is 114. The molecular weight excluding hydrogens is 967 g/mol. The van der Waals surface area contributed by atoms with E-state index in [1.807, 2.05) is 60.7 Å². The molecular formula is C50H49N9O15. The topological polar surface area (TPSA) is 273 Å². The zero-order valence-corrected chi connectivity index (χ0v) is 39.6. The summed E-state index contributed by atoms with van der Waals surface area (Å²) in [5.74, 6) is 0. The number of epoxide rings is 6. The molecule has 384 valence electrons. The molecule has 6 saturated heterocycles. The van der Waals surface area contributed by atoms with E-state index >= 15 is 0 Å². The van der Waals surface area contributed by atoms with Gasteiger partial charge in [0.1, 0.15) is 0 Å². The van der Waals surface area contributed by atoms with Crippen LogP contribution in [0.5, 0.6) is 0 Å². The number of benzene rings is 4. The molecule has 0 bridgehead atoms. The first-order chi connectivity index (χ1) is 35.9. The van der Waals surface area contributed by atoms with Gasteiger partial charge in [0.25, 0.3) is 0 Å². The molecule has 6 fully saturated rings. The van der Waals surface area contributed by atoms with Crippen LogP contribution in [0.15, 0.2) is 146 Å². The second-order valence-electron chi connectivity index (χ2n) is 18.5. The Balaban J connectivity index is 0.000000120. The number of para-hydroxylation sites is 1. The molecule has 4 aromatic carbocycles. The number of nitrogens with zero attached hydrogens (tertiary/aromatic N) is 9. The number of fused-ring (bicyclic) bond motifs is 1. The van der Waals surface area contributed by atoms with Crippen molar-refractivity contribution in [2.45, 2.75) is 82.4 Å². The maximum Gasteiger partial charge on any atom is 0.341 e. The molecule has 3 aromatic heterocycles. The smallest absolute Gasteiger partial charge is 0.341 e. The number of rotatable bonds is 16. The number of aromatic nitrogens is 9. The minimum absolute atomic E-state index is 0.121.